The van der Waals surface area contributed by atoms with E-state index in [-0.39, 0.29) is 11.3 Å². The van der Waals surface area contributed by atoms with Gasteiger partial charge in [-0.1, -0.05) is 26.8 Å². The van der Waals surface area contributed by atoms with Crippen LogP contribution < -0.4 is 5.73 Å². The molecule has 2 N–H and O–H groups in total. The van der Waals surface area contributed by atoms with Gasteiger partial charge in [-0.15, -0.1) is 0 Å². The Labute approximate surface area is 109 Å². The molecule has 0 spiro atoms. The van der Waals surface area contributed by atoms with Gasteiger partial charge in [0.15, 0.2) is 0 Å². The predicted octanol–water partition coefficient (Wildman–Crippen LogP) is 1.92. The van der Waals surface area contributed by atoms with Gasteiger partial charge in [0.1, 0.15) is 5.69 Å². The minimum absolute atomic E-state index is 0.0148. The lowest BCUT2D eigenvalue weighted by Crippen LogP contribution is -2.42. The summed E-state index contributed by atoms with van der Waals surface area (Å²) in [5, 5.41) is 0. The van der Waals surface area contributed by atoms with E-state index in [1.807, 2.05) is 17.0 Å². The average Bonchev–Trinajstić information content (AvgIpc) is 2.38. The highest BCUT2D eigenvalue weighted by atomic mass is 16.2. The zero-order chi connectivity index (χ0) is 13.6. The molecule has 0 fully saturated rings. The molecular formula is C14H23N3O. The van der Waals surface area contributed by atoms with Crippen LogP contribution in [0.3, 0.4) is 0 Å². The Morgan fingerprint density at radius 3 is 2.67 bits per heavy atom. The Kier molecular flexibility index (Phi) is 5.28. The lowest BCUT2D eigenvalue weighted by molar-refractivity contribution is 0.0683. The molecule has 0 bridgehead atoms. The van der Waals surface area contributed by atoms with E-state index >= 15 is 0 Å². The minimum Gasteiger partial charge on any atom is -0.337 e. The Hall–Kier alpha value is -1.42. The molecule has 0 atom stereocenters. The third kappa shape index (κ3) is 4.11. The fraction of sp³-hybridized carbons (Fsp3) is 0.571. The van der Waals surface area contributed by atoms with Gasteiger partial charge >= 0.3 is 0 Å². The zero-order valence-electron chi connectivity index (χ0n) is 11.5. The van der Waals surface area contributed by atoms with Gasteiger partial charge < -0.3 is 10.6 Å². The van der Waals surface area contributed by atoms with E-state index < -0.39 is 0 Å². The predicted molar refractivity (Wildman–Crippen MR) is 73.3 cm³/mol. The van der Waals surface area contributed by atoms with Crippen molar-refractivity contribution in [1.29, 1.82) is 0 Å². The van der Waals surface area contributed by atoms with Crippen LogP contribution in [0.25, 0.3) is 0 Å². The van der Waals surface area contributed by atoms with Crippen LogP contribution in [0.1, 0.15) is 37.7 Å². The summed E-state index contributed by atoms with van der Waals surface area (Å²) in [5.74, 6) is -0.0148. The molecule has 0 aliphatic carbocycles. The summed E-state index contributed by atoms with van der Waals surface area (Å²) in [6.07, 6.45) is 2.57. The largest absolute Gasteiger partial charge is 0.337 e. The van der Waals surface area contributed by atoms with Crippen LogP contribution >= 0.6 is 0 Å². The Balaban J connectivity index is 2.82. The molecule has 0 saturated carbocycles. The van der Waals surface area contributed by atoms with Gasteiger partial charge in [0.25, 0.3) is 5.91 Å². The number of carbonyl (C=O) groups excluding carboxylic acids is 1. The first-order chi connectivity index (χ1) is 8.50. The lowest BCUT2D eigenvalue weighted by Gasteiger charge is -2.31. The third-order valence-electron chi connectivity index (χ3n) is 2.84. The van der Waals surface area contributed by atoms with Gasteiger partial charge in [-0.05, 0) is 30.5 Å². The van der Waals surface area contributed by atoms with Gasteiger partial charge in [-0.3, -0.25) is 9.78 Å². The molecule has 1 rings (SSSR count). The van der Waals surface area contributed by atoms with Crippen molar-refractivity contribution in [3.8, 4) is 0 Å². The minimum atomic E-state index is -0.0698. The normalized spacial score (nSPS) is 11.3. The van der Waals surface area contributed by atoms with Gasteiger partial charge in [-0.25, -0.2) is 0 Å². The first-order valence-electron chi connectivity index (χ1n) is 6.40. The second kappa shape index (κ2) is 6.50. The average molecular weight is 249 g/mol. The van der Waals surface area contributed by atoms with Crippen molar-refractivity contribution in [2.75, 3.05) is 19.6 Å². The van der Waals surface area contributed by atoms with E-state index in [0.29, 0.717) is 18.8 Å². The summed E-state index contributed by atoms with van der Waals surface area (Å²) in [5.41, 5.74) is 6.17. The number of hydrogen-bond donors (Lipinski definition) is 1. The molecule has 0 radical (unpaired) electrons. The van der Waals surface area contributed by atoms with E-state index in [0.717, 1.165) is 13.0 Å². The number of amides is 1. The second-order valence-corrected chi connectivity index (χ2v) is 5.31. The van der Waals surface area contributed by atoms with Crippen molar-refractivity contribution in [1.82, 2.24) is 9.88 Å². The van der Waals surface area contributed by atoms with Crippen LogP contribution in [-0.4, -0.2) is 35.4 Å². The molecule has 1 amide bonds. The summed E-state index contributed by atoms with van der Waals surface area (Å²) in [4.78, 5) is 18.3. The van der Waals surface area contributed by atoms with Gasteiger partial charge in [0.2, 0.25) is 0 Å². The second-order valence-electron chi connectivity index (χ2n) is 5.31. The quantitative estimate of drug-likeness (QED) is 0.838. The summed E-state index contributed by atoms with van der Waals surface area (Å²) in [6, 6.07) is 5.39. The first-order valence-corrected chi connectivity index (χ1v) is 6.40. The van der Waals surface area contributed by atoms with Crippen LogP contribution in [0.4, 0.5) is 0 Å². The van der Waals surface area contributed by atoms with Crippen molar-refractivity contribution in [2.24, 2.45) is 11.1 Å². The fourth-order valence-corrected chi connectivity index (χ4v) is 1.75. The monoisotopic (exact) mass is 249 g/mol. The van der Waals surface area contributed by atoms with E-state index in [2.05, 4.69) is 25.8 Å². The highest BCUT2D eigenvalue weighted by Crippen LogP contribution is 2.16. The standard InChI is InChI=1S/C14H23N3O/c1-4-9-17(11-14(2,3)10-15)13(18)12-7-5-6-8-16-12/h5-8H,4,9-11,15H2,1-3H3. The molecule has 0 aliphatic rings. The van der Waals surface area contributed by atoms with E-state index in [1.165, 1.54) is 0 Å². The topological polar surface area (TPSA) is 59.2 Å². The Bertz CT molecular complexity index is 376. The lowest BCUT2D eigenvalue weighted by atomic mass is 9.93. The number of rotatable bonds is 6. The molecular weight excluding hydrogens is 226 g/mol. The molecule has 100 valence electrons. The van der Waals surface area contributed by atoms with Crippen molar-refractivity contribution >= 4 is 5.91 Å². The molecule has 4 nitrogen and oxygen atoms in total. The van der Waals surface area contributed by atoms with Crippen molar-refractivity contribution in [3.63, 3.8) is 0 Å². The van der Waals surface area contributed by atoms with Crippen LogP contribution in [0, 0.1) is 5.41 Å². The molecule has 0 aromatic carbocycles. The number of pyridine rings is 1. The van der Waals surface area contributed by atoms with Crippen LogP contribution in [0.2, 0.25) is 0 Å². The number of hydrogen-bond acceptors (Lipinski definition) is 3. The smallest absolute Gasteiger partial charge is 0.272 e. The fourth-order valence-electron chi connectivity index (χ4n) is 1.75. The first kappa shape index (κ1) is 14.6. The van der Waals surface area contributed by atoms with Gasteiger partial charge in [0.05, 0.1) is 0 Å². The molecule has 1 heterocycles. The summed E-state index contributed by atoms with van der Waals surface area (Å²) in [7, 11) is 0. The maximum atomic E-state index is 12.4. The highest BCUT2D eigenvalue weighted by molar-refractivity contribution is 5.92. The number of aromatic nitrogens is 1. The van der Waals surface area contributed by atoms with Gasteiger partial charge in [-0.2, -0.15) is 0 Å². The van der Waals surface area contributed by atoms with Crippen LogP contribution in [0.5, 0.6) is 0 Å². The van der Waals surface area contributed by atoms with E-state index in [1.54, 1.807) is 12.3 Å². The number of nitrogens with two attached hydrogens (primary N) is 1. The van der Waals surface area contributed by atoms with Crippen LogP contribution in [-0.2, 0) is 0 Å². The van der Waals surface area contributed by atoms with Crippen molar-refractivity contribution in [2.45, 2.75) is 27.2 Å². The van der Waals surface area contributed by atoms with Crippen LogP contribution in [0.15, 0.2) is 24.4 Å². The molecule has 0 aliphatic heterocycles. The van der Waals surface area contributed by atoms with E-state index in [9.17, 15) is 4.79 Å². The Morgan fingerprint density at radius 2 is 2.17 bits per heavy atom. The molecule has 0 saturated heterocycles. The summed E-state index contributed by atoms with van der Waals surface area (Å²) in [6.45, 7) is 8.16. The molecule has 4 heteroatoms. The molecule has 18 heavy (non-hydrogen) atoms. The van der Waals surface area contributed by atoms with E-state index in [4.69, 9.17) is 5.73 Å². The number of carbonyl (C=O) groups is 1. The maximum absolute atomic E-state index is 12.4. The SMILES string of the molecule is CCCN(CC(C)(C)CN)C(=O)c1ccccn1. The Morgan fingerprint density at radius 1 is 1.44 bits per heavy atom. The molecule has 1 aromatic rings. The molecule has 0 unspecified atom stereocenters. The maximum Gasteiger partial charge on any atom is 0.272 e. The van der Waals surface area contributed by atoms with Crippen molar-refractivity contribution in [3.05, 3.63) is 30.1 Å². The third-order valence-corrected chi connectivity index (χ3v) is 2.84. The zero-order valence-corrected chi connectivity index (χ0v) is 11.5. The highest BCUT2D eigenvalue weighted by Gasteiger charge is 2.24. The summed E-state index contributed by atoms with van der Waals surface area (Å²) >= 11 is 0. The summed E-state index contributed by atoms with van der Waals surface area (Å²) < 4.78 is 0. The van der Waals surface area contributed by atoms with Crippen molar-refractivity contribution < 1.29 is 4.79 Å². The number of nitrogens with zero attached hydrogens (tertiary/aromatic N) is 2. The molecule has 1 aromatic heterocycles. The van der Waals surface area contributed by atoms with Gasteiger partial charge in [0, 0.05) is 19.3 Å².